The number of fused-ring (bicyclic) bond motifs is 1. The van der Waals surface area contributed by atoms with E-state index in [1.54, 1.807) is 0 Å². The van der Waals surface area contributed by atoms with Crippen LogP contribution in [-0.2, 0) is 11.3 Å². The Hall–Kier alpha value is -1.75. The van der Waals surface area contributed by atoms with Crippen LogP contribution in [0.4, 0.5) is 0 Å². The summed E-state index contributed by atoms with van der Waals surface area (Å²) < 4.78 is 11.2. The molecule has 5 nitrogen and oxygen atoms in total. The van der Waals surface area contributed by atoms with E-state index in [2.05, 4.69) is 26.1 Å². The third kappa shape index (κ3) is 4.63. The van der Waals surface area contributed by atoms with Gasteiger partial charge in [0.15, 0.2) is 11.5 Å². The van der Waals surface area contributed by atoms with Gasteiger partial charge < -0.3 is 19.9 Å². The zero-order valence-corrected chi connectivity index (χ0v) is 13.5. The third-order valence-electron chi connectivity index (χ3n) is 3.67. The van der Waals surface area contributed by atoms with Gasteiger partial charge in [-0.3, -0.25) is 4.79 Å². The van der Waals surface area contributed by atoms with E-state index >= 15 is 0 Å². The van der Waals surface area contributed by atoms with Crippen LogP contribution in [0, 0.1) is 5.41 Å². The molecule has 2 rings (SSSR count). The van der Waals surface area contributed by atoms with Gasteiger partial charge in [-0.2, -0.15) is 0 Å². The first kappa shape index (κ1) is 16.6. The zero-order valence-electron chi connectivity index (χ0n) is 13.5. The van der Waals surface area contributed by atoms with Crippen molar-refractivity contribution in [2.75, 3.05) is 13.2 Å². The van der Waals surface area contributed by atoms with Crippen molar-refractivity contribution in [2.45, 2.75) is 46.2 Å². The molecule has 1 aromatic rings. The number of nitrogens with one attached hydrogen (secondary N) is 1. The molecule has 122 valence electrons. The minimum Gasteiger partial charge on any atom is -0.486 e. The van der Waals surface area contributed by atoms with Crippen molar-refractivity contribution in [3.63, 3.8) is 0 Å². The molecule has 0 aliphatic carbocycles. The SMILES string of the molecule is CC(C)(C)CCC(NCc1cccc2c1OCCO2)C(=O)O. The molecule has 1 aliphatic heterocycles. The molecule has 1 aromatic carbocycles. The van der Waals surface area contributed by atoms with Crippen molar-refractivity contribution in [1.29, 1.82) is 0 Å². The van der Waals surface area contributed by atoms with Gasteiger partial charge in [-0.25, -0.2) is 0 Å². The van der Waals surface area contributed by atoms with Crippen LogP contribution in [0.15, 0.2) is 18.2 Å². The molecule has 22 heavy (non-hydrogen) atoms. The molecule has 0 aromatic heterocycles. The largest absolute Gasteiger partial charge is 0.486 e. The lowest BCUT2D eigenvalue weighted by Gasteiger charge is -2.23. The maximum atomic E-state index is 11.4. The summed E-state index contributed by atoms with van der Waals surface area (Å²) in [5.74, 6) is 0.638. The predicted octanol–water partition coefficient (Wildman–Crippen LogP) is 2.83. The van der Waals surface area contributed by atoms with E-state index in [1.807, 2.05) is 18.2 Å². The summed E-state index contributed by atoms with van der Waals surface area (Å²) in [7, 11) is 0. The van der Waals surface area contributed by atoms with Gasteiger partial charge in [0.05, 0.1) is 0 Å². The summed E-state index contributed by atoms with van der Waals surface area (Å²) in [5, 5.41) is 12.5. The summed E-state index contributed by atoms with van der Waals surface area (Å²) in [4.78, 5) is 11.4. The number of carboxylic acid groups (broad SMARTS) is 1. The topological polar surface area (TPSA) is 67.8 Å². The first-order valence-electron chi connectivity index (χ1n) is 7.70. The van der Waals surface area contributed by atoms with Crippen LogP contribution in [-0.4, -0.2) is 30.3 Å². The van der Waals surface area contributed by atoms with Gasteiger partial charge in [-0.1, -0.05) is 32.9 Å². The Morgan fingerprint density at radius 2 is 2.05 bits per heavy atom. The molecule has 5 heteroatoms. The fourth-order valence-corrected chi connectivity index (χ4v) is 2.40. The number of hydrogen-bond donors (Lipinski definition) is 2. The average Bonchev–Trinajstić information content (AvgIpc) is 2.45. The second-order valence-electron chi connectivity index (χ2n) is 6.81. The first-order valence-corrected chi connectivity index (χ1v) is 7.70. The van der Waals surface area contributed by atoms with E-state index in [4.69, 9.17) is 9.47 Å². The van der Waals surface area contributed by atoms with Gasteiger partial charge in [-0.15, -0.1) is 0 Å². The first-order chi connectivity index (χ1) is 10.4. The van der Waals surface area contributed by atoms with Crippen molar-refractivity contribution in [2.24, 2.45) is 5.41 Å². The monoisotopic (exact) mass is 307 g/mol. The fraction of sp³-hybridized carbons (Fsp3) is 0.588. The zero-order chi connectivity index (χ0) is 16.2. The van der Waals surface area contributed by atoms with E-state index < -0.39 is 12.0 Å². The summed E-state index contributed by atoms with van der Waals surface area (Å²) in [6.45, 7) is 7.87. The molecule has 0 amide bonds. The Kier molecular flexibility index (Phi) is 5.29. The highest BCUT2D eigenvalue weighted by Crippen LogP contribution is 2.33. The molecule has 0 bridgehead atoms. The van der Waals surface area contributed by atoms with Crippen LogP contribution >= 0.6 is 0 Å². The molecule has 0 radical (unpaired) electrons. The number of ether oxygens (including phenoxy) is 2. The quantitative estimate of drug-likeness (QED) is 0.846. The average molecular weight is 307 g/mol. The van der Waals surface area contributed by atoms with E-state index in [0.29, 0.717) is 26.2 Å². The highest BCUT2D eigenvalue weighted by atomic mass is 16.6. The molecule has 1 aliphatic rings. The molecule has 1 unspecified atom stereocenters. The van der Waals surface area contributed by atoms with E-state index in [9.17, 15) is 9.90 Å². The highest BCUT2D eigenvalue weighted by Gasteiger charge is 2.22. The van der Waals surface area contributed by atoms with Gasteiger partial charge in [0, 0.05) is 12.1 Å². The second kappa shape index (κ2) is 7.01. The molecular weight excluding hydrogens is 282 g/mol. The number of aliphatic carboxylic acids is 1. The highest BCUT2D eigenvalue weighted by molar-refractivity contribution is 5.73. The van der Waals surface area contributed by atoms with Crippen molar-refractivity contribution in [3.8, 4) is 11.5 Å². The molecule has 1 heterocycles. The summed E-state index contributed by atoms with van der Waals surface area (Å²) in [5.41, 5.74) is 1.05. The van der Waals surface area contributed by atoms with Crippen molar-refractivity contribution in [1.82, 2.24) is 5.32 Å². The summed E-state index contributed by atoms with van der Waals surface area (Å²) in [6, 6.07) is 5.14. The number of carbonyl (C=O) groups is 1. The maximum absolute atomic E-state index is 11.4. The number of carboxylic acids is 1. The Bertz CT molecular complexity index is 522. The molecule has 0 saturated carbocycles. The molecule has 2 N–H and O–H groups in total. The van der Waals surface area contributed by atoms with Gasteiger partial charge in [0.2, 0.25) is 0 Å². The summed E-state index contributed by atoms with van der Waals surface area (Å²) in [6.07, 6.45) is 1.45. The van der Waals surface area contributed by atoms with E-state index in [-0.39, 0.29) is 5.41 Å². The van der Waals surface area contributed by atoms with Gasteiger partial charge >= 0.3 is 5.97 Å². The van der Waals surface area contributed by atoms with Crippen LogP contribution in [0.1, 0.15) is 39.2 Å². The minimum absolute atomic E-state index is 0.123. The van der Waals surface area contributed by atoms with Gasteiger partial charge in [-0.05, 0) is 24.3 Å². The van der Waals surface area contributed by atoms with Crippen LogP contribution in [0.3, 0.4) is 0 Å². The van der Waals surface area contributed by atoms with Crippen LogP contribution in [0.2, 0.25) is 0 Å². The number of para-hydroxylation sites is 1. The normalized spacial score (nSPS) is 15.4. The lowest BCUT2D eigenvalue weighted by atomic mass is 9.88. The van der Waals surface area contributed by atoms with Gasteiger partial charge in [0.1, 0.15) is 19.3 Å². The standard InChI is InChI=1S/C17H25NO4/c1-17(2,3)8-7-13(16(19)20)18-11-12-5-4-6-14-15(12)22-10-9-21-14/h4-6,13,18H,7-11H2,1-3H3,(H,19,20). The molecule has 0 saturated heterocycles. The molecule has 1 atom stereocenters. The van der Waals surface area contributed by atoms with Crippen molar-refractivity contribution < 1.29 is 19.4 Å². The number of rotatable bonds is 6. The van der Waals surface area contributed by atoms with Crippen LogP contribution in [0.25, 0.3) is 0 Å². The Balaban J connectivity index is 1.99. The third-order valence-corrected chi connectivity index (χ3v) is 3.67. The van der Waals surface area contributed by atoms with E-state index in [1.165, 1.54) is 0 Å². The fourth-order valence-electron chi connectivity index (χ4n) is 2.40. The number of hydrogen-bond acceptors (Lipinski definition) is 4. The lowest BCUT2D eigenvalue weighted by Crippen LogP contribution is -2.37. The van der Waals surface area contributed by atoms with Crippen molar-refractivity contribution in [3.05, 3.63) is 23.8 Å². The Morgan fingerprint density at radius 1 is 1.32 bits per heavy atom. The Morgan fingerprint density at radius 3 is 2.73 bits per heavy atom. The van der Waals surface area contributed by atoms with Gasteiger partial charge in [0.25, 0.3) is 0 Å². The van der Waals surface area contributed by atoms with Crippen molar-refractivity contribution >= 4 is 5.97 Å². The van der Waals surface area contributed by atoms with Crippen LogP contribution in [0.5, 0.6) is 11.5 Å². The lowest BCUT2D eigenvalue weighted by molar-refractivity contribution is -0.139. The van der Waals surface area contributed by atoms with Crippen LogP contribution < -0.4 is 14.8 Å². The maximum Gasteiger partial charge on any atom is 0.320 e. The smallest absolute Gasteiger partial charge is 0.320 e. The molecule has 0 spiro atoms. The molecular formula is C17H25NO4. The Labute approximate surface area is 131 Å². The summed E-state index contributed by atoms with van der Waals surface area (Å²) >= 11 is 0. The minimum atomic E-state index is -0.814. The van der Waals surface area contributed by atoms with E-state index in [0.717, 1.165) is 23.5 Å². The molecule has 0 fully saturated rings. The second-order valence-corrected chi connectivity index (χ2v) is 6.81. The predicted molar refractivity (Wildman–Crippen MR) is 84.4 cm³/mol. The number of benzene rings is 1.